The maximum absolute atomic E-state index is 13.6. The monoisotopic (exact) mass is 428 g/mol. The number of para-hydroxylation sites is 1. The Morgan fingerprint density at radius 2 is 1.60 bits per heavy atom. The van der Waals surface area contributed by atoms with Crippen LogP contribution < -0.4 is 5.56 Å². The molecule has 3 nitrogen and oxygen atoms in total. The number of thiazole rings is 1. The van der Waals surface area contributed by atoms with Gasteiger partial charge >= 0.3 is 0 Å². The molecule has 148 valence electrons. The average molecular weight is 429 g/mol. The van der Waals surface area contributed by atoms with Gasteiger partial charge in [0.25, 0.3) is 5.56 Å². The highest BCUT2D eigenvalue weighted by molar-refractivity contribution is 7.73. The van der Waals surface area contributed by atoms with Crippen molar-refractivity contribution in [3.05, 3.63) is 104 Å². The summed E-state index contributed by atoms with van der Waals surface area (Å²) in [5.74, 6) is 0. The largest absolute Gasteiger partial charge is 0.288 e. The first-order valence-electron chi connectivity index (χ1n) is 9.83. The summed E-state index contributed by atoms with van der Waals surface area (Å²) in [7, 11) is 0. The van der Waals surface area contributed by atoms with E-state index >= 15 is 0 Å². The first-order valence-corrected chi connectivity index (χ1v) is 11.1. The van der Waals surface area contributed by atoms with Crippen LogP contribution in [-0.4, -0.2) is 8.97 Å². The molecule has 5 aromatic rings. The second-order valence-corrected chi connectivity index (χ2v) is 9.21. The normalized spacial score (nSPS) is 11.4. The minimum absolute atomic E-state index is 0.00816. The smallest absolute Gasteiger partial charge is 0.261 e. The van der Waals surface area contributed by atoms with Crippen LogP contribution in [0.5, 0.6) is 0 Å². The van der Waals surface area contributed by atoms with Gasteiger partial charge in [-0.1, -0.05) is 66.2 Å². The van der Waals surface area contributed by atoms with Crippen LogP contribution in [0, 0.1) is 17.8 Å². The van der Waals surface area contributed by atoms with E-state index in [1.807, 2.05) is 41.0 Å². The molecule has 2 heterocycles. The zero-order valence-electron chi connectivity index (χ0n) is 16.8. The van der Waals surface area contributed by atoms with Crippen LogP contribution in [0.25, 0.3) is 27.0 Å². The van der Waals surface area contributed by atoms with Gasteiger partial charge in [0.1, 0.15) is 5.65 Å². The van der Waals surface area contributed by atoms with Gasteiger partial charge in [0.15, 0.2) is 3.95 Å². The summed E-state index contributed by atoms with van der Waals surface area (Å²) in [4.78, 5) is 14.6. The summed E-state index contributed by atoms with van der Waals surface area (Å²) in [6.07, 6.45) is 0. The van der Waals surface area contributed by atoms with Crippen LogP contribution >= 0.6 is 23.6 Å². The van der Waals surface area contributed by atoms with Crippen LogP contribution in [0.1, 0.15) is 16.7 Å². The third-order valence-electron chi connectivity index (χ3n) is 5.51. The Morgan fingerprint density at radius 3 is 2.37 bits per heavy atom. The van der Waals surface area contributed by atoms with Gasteiger partial charge in [-0.15, -0.1) is 11.3 Å². The molecule has 30 heavy (non-hydrogen) atoms. The summed E-state index contributed by atoms with van der Waals surface area (Å²) in [5, 5.41) is 0.683. The molecule has 2 aromatic heterocycles. The molecule has 0 radical (unpaired) electrons. The Morgan fingerprint density at radius 1 is 0.900 bits per heavy atom. The molecule has 0 saturated carbocycles. The number of nitrogens with zero attached hydrogens (tertiary/aromatic N) is 2. The molecule has 5 rings (SSSR count). The van der Waals surface area contributed by atoms with E-state index in [1.165, 1.54) is 11.1 Å². The Kier molecular flexibility index (Phi) is 4.65. The van der Waals surface area contributed by atoms with E-state index in [0.29, 0.717) is 11.9 Å². The van der Waals surface area contributed by atoms with Crippen LogP contribution in [0.4, 0.5) is 0 Å². The molecule has 0 aliphatic carbocycles. The third-order valence-corrected chi connectivity index (χ3v) is 6.91. The number of benzene rings is 3. The lowest BCUT2D eigenvalue weighted by Gasteiger charge is -2.14. The van der Waals surface area contributed by atoms with Crippen LogP contribution in [-0.2, 0) is 6.54 Å². The molecule has 0 bridgehead atoms. The second kappa shape index (κ2) is 7.35. The molecule has 0 fully saturated rings. The molecule has 5 heteroatoms. The fourth-order valence-electron chi connectivity index (χ4n) is 3.94. The van der Waals surface area contributed by atoms with Gasteiger partial charge in [0.2, 0.25) is 0 Å². The number of aromatic nitrogens is 2. The maximum Gasteiger partial charge on any atom is 0.261 e. The zero-order chi connectivity index (χ0) is 20.8. The lowest BCUT2D eigenvalue weighted by Crippen LogP contribution is -2.23. The van der Waals surface area contributed by atoms with Crippen molar-refractivity contribution in [2.45, 2.75) is 20.4 Å². The Bertz CT molecular complexity index is 1520. The van der Waals surface area contributed by atoms with E-state index in [9.17, 15) is 4.79 Å². The Hall–Kier alpha value is -3.02. The number of hydrogen-bond acceptors (Lipinski definition) is 3. The summed E-state index contributed by atoms with van der Waals surface area (Å²) < 4.78 is 4.69. The number of fused-ring (bicyclic) bond motifs is 3. The molecular weight excluding hydrogens is 408 g/mol. The molecule has 0 aliphatic heterocycles. The standard InChI is InChI=1S/C25H20N2OS2/c1-16-11-13-18(14-12-16)15-26-23-22(19-8-4-3-7-17(19)2)30-25(29)27(23)21-10-6-5-9-20(21)24(26)28/h3-14H,15H2,1-2H3. The topological polar surface area (TPSA) is 26.4 Å². The Balaban J connectivity index is 1.92. The predicted molar refractivity (Wildman–Crippen MR) is 128 cm³/mol. The highest BCUT2D eigenvalue weighted by atomic mass is 32.1. The maximum atomic E-state index is 13.6. The van der Waals surface area contributed by atoms with Crippen LogP contribution in [0.2, 0.25) is 0 Å². The molecular formula is C25H20N2OS2. The molecule has 3 aromatic carbocycles. The van der Waals surface area contributed by atoms with Crippen molar-refractivity contribution < 1.29 is 0 Å². The molecule has 0 spiro atoms. The minimum atomic E-state index is 0.00816. The fourth-order valence-corrected chi connectivity index (χ4v) is 5.46. The van der Waals surface area contributed by atoms with E-state index in [2.05, 4.69) is 54.6 Å². The first kappa shape index (κ1) is 19.0. The number of aryl methyl sites for hydroxylation is 2. The van der Waals surface area contributed by atoms with Crippen LogP contribution in [0.15, 0.2) is 77.6 Å². The van der Waals surface area contributed by atoms with Crippen molar-refractivity contribution in [1.82, 2.24) is 8.97 Å². The van der Waals surface area contributed by atoms with Gasteiger partial charge in [0, 0.05) is 0 Å². The minimum Gasteiger partial charge on any atom is -0.288 e. The van der Waals surface area contributed by atoms with Crippen molar-refractivity contribution in [1.29, 1.82) is 0 Å². The average Bonchev–Trinajstić information content (AvgIpc) is 3.10. The lowest BCUT2D eigenvalue weighted by atomic mass is 10.1. The molecule has 0 atom stereocenters. The molecule has 0 N–H and O–H groups in total. The van der Waals surface area contributed by atoms with E-state index in [1.54, 1.807) is 11.3 Å². The van der Waals surface area contributed by atoms with E-state index in [-0.39, 0.29) is 5.56 Å². The predicted octanol–water partition coefficient (Wildman–Crippen LogP) is 6.38. The van der Waals surface area contributed by atoms with Crippen molar-refractivity contribution in [3.63, 3.8) is 0 Å². The van der Waals surface area contributed by atoms with Gasteiger partial charge in [0.05, 0.1) is 22.3 Å². The van der Waals surface area contributed by atoms with Gasteiger partial charge in [-0.25, -0.2) is 0 Å². The number of hydrogen-bond donors (Lipinski definition) is 0. The van der Waals surface area contributed by atoms with Crippen molar-refractivity contribution in [2.75, 3.05) is 0 Å². The molecule has 0 aliphatic rings. The van der Waals surface area contributed by atoms with Gasteiger partial charge < -0.3 is 0 Å². The highest BCUT2D eigenvalue weighted by Gasteiger charge is 2.19. The molecule has 0 unspecified atom stereocenters. The van der Waals surface area contributed by atoms with Crippen molar-refractivity contribution in [2.24, 2.45) is 0 Å². The number of rotatable bonds is 3. The van der Waals surface area contributed by atoms with E-state index < -0.39 is 0 Å². The summed E-state index contributed by atoms with van der Waals surface area (Å²) in [6.45, 7) is 4.66. The van der Waals surface area contributed by atoms with E-state index in [4.69, 9.17) is 12.2 Å². The fraction of sp³-hybridized carbons (Fsp3) is 0.120. The summed E-state index contributed by atoms with van der Waals surface area (Å²) in [6, 6.07) is 24.3. The first-order chi connectivity index (χ1) is 14.5. The molecule has 0 amide bonds. The van der Waals surface area contributed by atoms with E-state index in [0.717, 1.165) is 31.1 Å². The summed E-state index contributed by atoms with van der Waals surface area (Å²) >= 11 is 7.36. The highest BCUT2D eigenvalue weighted by Crippen LogP contribution is 2.35. The van der Waals surface area contributed by atoms with Gasteiger partial charge in [-0.2, -0.15) is 0 Å². The SMILES string of the molecule is Cc1ccc(Cn2c(=O)c3ccccc3n3c(=S)sc(-c4ccccc4C)c23)cc1. The quantitative estimate of drug-likeness (QED) is 0.312. The van der Waals surface area contributed by atoms with Gasteiger partial charge in [-0.3, -0.25) is 13.8 Å². The van der Waals surface area contributed by atoms with Crippen LogP contribution in [0.3, 0.4) is 0 Å². The Labute approximate surface area is 183 Å². The van der Waals surface area contributed by atoms with Crippen molar-refractivity contribution >= 4 is 40.1 Å². The zero-order valence-corrected chi connectivity index (χ0v) is 18.4. The van der Waals surface area contributed by atoms with Crippen molar-refractivity contribution in [3.8, 4) is 10.4 Å². The summed E-state index contributed by atoms with van der Waals surface area (Å²) in [5.41, 5.74) is 6.30. The lowest BCUT2D eigenvalue weighted by molar-refractivity contribution is 0.780. The second-order valence-electron chi connectivity index (χ2n) is 7.57. The third kappa shape index (κ3) is 3.02. The molecule has 0 saturated heterocycles. The van der Waals surface area contributed by atoms with Gasteiger partial charge in [-0.05, 0) is 54.9 Å².